The van der Waals surface area contributed by atoms with Gasteiger partial charge < -0.3 is 9.64 Å². The minimum atomic E-state index is -0.371. The van der Waals surface area contributed by atoms with Gasteiger partial charge in [-0.15, -0.1) is 0 Å². The molecule has 0 aliphatic carbocycles. The van der Waals surface area contributed by atoms with Gasteiger partial charge in [0.05, 0.1) is 12.2 Å². The van der Waals surface area contributed by atoms with E-state index in [9.17, 15) is 9.59 Å². The van der Waals surface area contributed by atoms with Crippen LogP contribution in [0.15, 0.2) is 22.7 Å². The molecular formula is C12H12BrNO3. The average Bonchev–Trinajstić information content (AvgIpc) is 2.57. The second-order valence-electron chi connectivity index (χ2n) is 3.74. The summed E-state index contributed by atoms with van der Waals surface area (Å²) in [7, 11) is 0. The molecule has 0 radical (unpaired) electrons. The van der Waals surface area contributed by atoms with Crippen LogP contribution in [-0.4, -0.2) is 29.9 Å². The molecule has 2 rings (SSSR count). The summed E-state index contributed by atoms with van der Waals surface area (Å²) in [5.74, 6) is -0.495. The molecule has 0 bridgehead atoms. The number of rotatable bonds is 3. The highest BCUT2D eigenvalue weighted by Gasteiger charge is 2.30. The van der Waals surface area contributed by atoms with Crippen LogP contribution < -0.4 is 0 Å². The van der Waals surface area contributed by atoms with E-state index in [0.717, 1.165) is 10.0 Å². The zero-order valence-corrected chi connectivity index (χ0v) is 11.0. The fourth-order valence-corrected chi connectivity index (χ4v) is 2.44. The van der Waals surface area contributed by atoms with Crippen LogP contribution in [0.2, 0.25) is 0 Å². The lowest BCUT2D eigenvalue weighted by Crippen LogP contribution is -2.31. The Morgan fingerprint density at radius 1 is 1.53 bits per heavy atom. The topological polar surface area (TPSA) is 46.6 Å². The quantitative estimate of drug-likeness (QED) is 0.802. The van der Waals surface area contributed by atoms with Crippen molar-refractivity contribution in [2.24, 2.45) is 0 Å². The molecule has 0 unspecified atom stereocenters. The fraction of sp³-hybridized carbons (Fsp3) is 0.333. The summed E-state index contributed by atoms with van der Waals surface area (Å²) in [6.45, 7) is 2.55. The Kier molecular flexibility index (Phi) is 3.47. The monoisotopic (exact) mass is 297 g/mol. The predicted molar refractivity (Wildman–Crippen MR) is 65.5 cm³/mol. The number of fused-ring (bicyclic) bond motifs is 1. The van der Waals surface area contributed by atoms with Gasteiger partial charge in [0.1, 0.15) is 6.54 Å². The zero-order valence-electron chi connectivity index (χ0n) is 9.40. The minimum absolute atomic E-state index is 0.00773. The Labute approximate surface area is 108 Å². The van der Waals surface area contributed by atoms with Crippen LogP contribution in [0.3, 0.4) is 0 Å². The van der Waals surface area contributed by atoms with E-state index in [2.05, 4.69) is 15.9 Å². The van der Waals surface area contributed by atoms with Gasteiger partial charge >= 0.3 is 5.97 Å². The molecule has 4 nitrogen and oxygen atoms in total. The van der Waals surface area contributed by atoms with E-state index in [1.54, 1.807) is 6.92 Å². The van der Waals surface area contributed by atoms with Gasteiger partial charge in [-0.1, -0.05) is 12.1 Å². The Morgan fingerprint density at radius 3 is 2.94 bits per heavy atom. The number of carbonyl (C=O) groups is 2. The number of halogens is 1. The molecule has 1 amide bonds. The minimum Gasteiger partial charge on any atom is -0.465 e. The maximum absolute atomic E-state index is 12.0. The Balaban J connectivity index is 2.15. The summed E-state index contributed by atoms with van der Waals surface area (Å²) in [5, 5.41) is 0. The highest BCUT2D eigenvalue weighted by molar-refractivity contribution is 9.10. The number of nitrogens with zero attached hydrogens (tertiary/aromatic N) is 1. The van der Waals surface area contributed by atoms with Crippen molar-refractivity contribution in [1.82, 2.24) is 4.90 Å². The van der Waals surface area contributed by atoms with Gasteiger partial charge in [-0.25, -0.2) is 0 Å². The lowest BCUT2D eigenvalue weighted by atomic mass is 10.1. The molecule has 5 heteroatoms. The Bertz CT molecular complexity index is 473. The van der Waals surface area contributed by atoms with Gasteiger partial charge in [-0.05, 0) is 34.5 Å². The molecule has 1 aromatic carbocycles. The molecule has 0 spiro atoms. The van der Waals surface area contributed by atoms with Gasteiger partial charge in [0.15, 0.2) is 0 Å². The summed E-state index contributed by atoms with van der Waals surface area (Å²) < 4.78 is 5.61. The summed E-state index contributed by atoms with van der Waals surface area (Å²) in [5.41, 5.74) is 1.59. The number of esters is 1. The van der Waals surface area contributed by atoms with Crippen LogP contribution in [0, 0.1) is 0 Å². The van der Waals surface area contributed by atoms with Crippen molar-refractivity contribution < 1.29 is 14.3 Å². The van der Waals surface area contributed by atoms with Gasteiger partial charge in [0.25, 0.3) is 5.91 Å². The molecular weight excluding hydrogens is 286 g/mol. The van der Waals surface area contributed by atoms with Crippen LogP contribution in [0.25, 0.3) is 0 Å². The second kappa shape index (κ2) is 4.87. The summed E-state index contributed by atoms with van der Waals surface area (Å²) >= 11 is 3.35. The Hall–Kier alpha value is -1.36. The molecule has 0 atom stereocenters. The van der Waals surface area contributed by atoms with E-state index in [-0.39, 0.29) is 18.4 Å². The van der Waals surface area contributed by atoms with E-state index in [4.69, 9.17) is 4.74 Å². The summed E-state index contributed by atoms with van der Waals surface area (Å²) in [6.07, 6.45) is 0. The standard InChI is InChI=1S/C12H12BrNO3/c1-2-17-10(15)7-14-6-8-4-3-5-9(13)11(8)12(14)16/h3-5H,2,6-7H2,1H3. The molecule has 17 heavy (non-hydrogen) atoms. The molecule has 1 aliphatic heterocycles. The van der Waals surface area contributed by atoms with Gasteiger partial charge in [-0.3, -0.25) is 9.59 Å². The maximum Gasteiger partial charge on any atom is 0.325 e. The largest absolute Gasteiger partial charge is 0.465 e. The smallest absolute Gasteiger partial charge is 0.325 e. The van der Waals surface area contributed by atoms with Gasteiger partial charge in [0, 0.05) is 11.0 Å². The molecule has 1 heterocycles. The normalized spacial score (nSPS) is 13.8. The first-order valence-corrected chi connectivity index (χ1v) is 6.15. The molecule has 0 saturated carbocycles. The van der Waals surface area contributed by atoms with E-state index >= 15 is 0 Å². The molecule has 0 aromatic heterocycles. The highest BCUT2D eigenvalue weighted by atomic mass is 79.9. The van der Waals surface area contributed by atoms with Crippen LogP contribution in [0.5, 0.6) is 0 Å². The molecule has 90 valence electrons. The fourth-order valence-electron chi connectivity index (χ4n) is 1.87. The Morgan fingerprint density at radius 2 is 2.29 bits per heavy atom. The van der Waals surface area contributed by atoms with Crippen molar-refractivity contribution in [3.63, 3.8) is 0 Å². The third-order valence-electron chi connectivity index (χ3n) is 2.59. The average molecular weight is 298 g/mol. The first-order chi connectivity index (χ1) is 8.13. The zero-order chi connectivity index (χ0) is 12.4. The third kappa shape index (κ3) is 2.34. The number of ether oxygens (including phenoxy) is 1. The second-order valence-corrected chi connectivity index (χ2v) is 4.59. The lowest BCUT2D eigenvalue weighted by Gasteiger charge is -2.13. The molecule has 0 saturated heterocycles. The van der Waals surface area contributed by atoms with Crippen LogP contribution in [-0.2, 0) is 16.1 Å². The van der Waals surface area contributed by atoms with Gasteiger partial charge in [0.2, 0.25) is 0 Å². The van der Waals surface area contributed by atoms with Crippen molar-refractivity contribution in [3.05, 3.63) is 33.8 Å². The van der Waals surface area contributed by atoms with E-state index in [1.807, 2.05) is 18.2 Å². The number of benzene rings is 1. The predicted octanol–water partition coefficient (Wildman–Crippen LogP) is 1.97. The number of carbonyl (C=O) groups excluding carboxylic acids is 2. The first-order valence-electron chi connectivity index (χ1n) is 5.35. The molecule has 1 aromatic rings. The van der Waals surface area contributed by atoms with E-state index in [0.29, 0.717) is 18.7 Å². The highest BCUT2D eigenvalue weighted by Crippen LogP contribution is 2.29. The van der Waals surface area contributed by atoms with E-state index < -0.39 is 0 Å². The number of hydrogen-bond acceptors (Lipinski definition) is 3. The number of amides is 1. The maximum atomic E-state index is 12.0. The van der Waals surface area contributed by atoms with E-state index in [1.165, 1.54) is 4.90 Å². The van der Waals surface area contributed by atoms with Gasteiger partial charge in [-0.2, -0.15) is 0 Å². The van der Waals surface area contributed by atoms with Crippen molar-refractivity contribution in [1.29, 1.82) is 0 Å². The van der Waals surface area contributed by atoms with Crippen molar-refractivity contribution in [3.8, 4) is 0 Å². The lowest BCUT2D eigenvalue weighted by molar-refractivity contribution is -0.143. The molecule has 1 aliphatic rings. The molecule has 0 fully saturated rings. The molecule has 0 N–H and O–H groups in total. The van der Waals surface area contributed by atoms with Crippen LogP contribution in [0.1, 0.15) is 22.8 Å². The van der Waals surface area contributed by atoms with Crippen molar-refractivity contribution in [2.75, 3.05) is 13.2 Å². The van der Waals surface area contributed by atoms with Crippen LogP contribution >= 0.6 is 15.9 Å². The number of hydrogen-bond donors (Lipinski definition) is 0. The third-order valence-corrected chi connectivity index (χ3v) is 3.25. The van der Waals surface area contributed by atoms with Crippen molar-refractivity contribution in [2.45, 2.75) is 13.5 Å². The summed E-state index contributed by atoms with van der Waals surface area (Å²) in [6, 6.07) is 5.60. The summed E-state index contributed by atoms with van der Waals surface area (Å²) in [4.78, 5) is 24.9. The first kappa shape index (κ1) is 12.1. The van der Waals surface area contributed by atoms with Crippen LogP contribution in [0.4, 0.5) is 0 Å². The van der Waals surface area contributed by atoms with Crippen molar-refractivity contribution >= 4 is 27.8 Å². The SMILES string of the molecule is CCOC(=O)CN1Cc2cccc(Br)c2C1=O.